The molecule has 1 aromatic rings. The molecule has 2 heteroatoms. The van der Waals surface area contributed by atoms with Crippen LogP contribution in [0.25, 0.3) is 0 Å². The van der Waals surface area contributed by atoms with Crippen molar-refractivity contribution in [2.75, 3.05) is 6.54 Å². The summed E-state index contributed by atoms with van der Waals surface area (Å²) in [6.07, 6.45) is 1.25. The van der Waals surface area contributed by atoms with Crippen molar-refractivity contribution in [2.45, 2.75) is 40.7 Å². The molecule has 0 radical (unpaired) electrons. The molecule has 1 unspecified atom stereocenters. The minimum Gasteiger partial charge on any atom is -0.352 e. The lowest BCUT2D eigenvalue weighted by atomic mass is 10.1. The first-order valence-corrected chi connectivity index (χ1v) is 5.88. The maximum absolute atomic E-state index is 3.52. The third-order valence-corrected chi connectivity index (χ3v) is 3.39. The second-order valence-corrected chi connectivity index (χ2v) is 4.60. The summed E-state index contributed by atoms with van der Waals surface area (Å²) in [6, 6.07) is 2.28. The average molecular weight is 208 g/mol. The molecule has 0 aliphatic heterocycles. The zero-order valence-corrected chi connectivity index (χ0v) is 10.7. The molecule has 0 bridgehead atoms. The number of aromatic nitrogens is 1. The van der Waals surface area contributed by atoms with Crippen molar-refractivity contribution in [1.29, 1.82) is 0 Å². The van der Waals surface area contributed by atoms with Gasteiger partial charge in [0.15, 0.2) is 0 Å². The Balaban J connectivity index is 2.47. The summed E-state index contributed by atoms with van der Waals surface area (Å²) >= 11 is 0. The van der Waals surface area contributed by atoms with Gasteiger partial charge in [0.05, 0.1) is 0 Å². The van der Waals surface area contributed by atoms with Gasteiger partial charge in [0.1, 0.15) is 0 Å². The Hall–Kier alpha value is -0.760. The molecule has 0 spiro atoms. The van der Waals surface area contributed by atoms with Gasteiger partial charge in [-0.25, -0.2) is 0 Å². The van der Waals surface area contributed by atoms with E-state index in [2.05, 4.69) is 50.7 Å². The van der Waals surface area contributed by atoms with Crippen molar-refractivity contribution in [3.05, 3.63) is 23.0 Å². The van der Waals surface area contributed by atoms with Crippen LogP contribution in [0.15, 0.2) is 6.07 Å². The zero-order valence-electron chi connectivity index (χ0n) is 10.7. The molecule has 0 fully saturated rings. The first-order chi connectivity index (χ1) is 7.06. The average Bonchev–Trinajstić information content (AvgIpc) is 2.46. The van der Waals surface area contributed by atoms with E-state index in [9.17, 15) is 0 Å². The fourth-order valence-corrected chi connectivity index (χ4v) is 1.71. The Kier molecular flexibility index (Phi) is 4.40. The molecule has 0 saturated heterocycles. The molecule has 1 N–H and O–H groups in total. The summed E-state index contributed by atoms with van der Waals surface area (Å²) in [4.78, 5) is 0. The largest absolute Gasteiger partial charge is 0.352 e. The summed E-state index contributed by atoms with van der Waals surface area (Å²) in [6.45, 7) is 11.0. The topological polar surface area (TPSA) is 17.0 Å². The molecular formula is C13H24N2. The van der Waals surface area contributed by atoms with E-state index >= 15 is 0 Å². The van der Waals surface area contributed by atoms with E-state index < -0.39 is 0 Å². The highest BCUT2D eigenvalue weighted by Crippen LogP contribution is 2.12. The number of hydrogen-bond acceptors (Lipinski definition) is 1. The monoisotopic (exact) mass is 208 g/mol. The minimum atomic E-state index is 0.773. The van der Waals surface area contributed by atoms with Gasteiger partial charge in [0, 0.05) is 25.0 Å². The van der Waals surface area contributed by atoms with Crippen LogP contribution >= 0.6 is 0 Å². The van der Waals surface area contributed by atoms with Gasteiger partial charge in [0.2, 0.25) is 0 Å². The molecule has 0 aliphatic rings. The van der Waals surface area contributed by atoms with Gasteiger partial charge < -0.3 is 9.88 Å². The number of nitrogens with one attached hydrogen (secondary N) is 1. The fourth-order valence-electron chi connectivity index (χ4n) is 1.71. The number of hydrogen-bond donors (Lipinski definition) is 1. The molecule has 0 aromatic carbocycles. The van der Waals surface area contributed by atoms with Crippen LogP contribution < -0.4 is 5.32 Å². The van der Waals surface area contributed by atoms with E-state index in [1.54, 1.807) is 0 Å². The van der Waals surface area contributed by atoms with Crippen LogP contribution in [0.2, 0.25) is 0 Å². The molecule has 15 heavy (non-hydrogen) atoms. The van der Waals surface area contributed by atoms with E-state index in [0.717, 1.165) is 19.0 Å². The first-order valence-electron chi connectivity index (χ1n) is 5.88. The van der Waals surface area contributed by atoms with Gasteiger partial charge in [-0.1, -0.05) is 20.3 Å². The highest BCUT2D eigenvalue weighted by atomic mass is 15.0. The van der Waals surface area contributed by atoms with Crippen LogP contribution in [0.4, 0.5) is 0 Å². The lowest BCUT2D eigenvalue weighted by Crippen LogP contribution is -2.20. The highest BCUT2D eigenvalue weighted by Gasteiger charge is 2.05. The SMILES string of the molecule is CCC(C)CNCc1cc(C)n(C)c1C. The molecule has 1 heterocycles. The van der Waals surface area contributed by atoms with Gasteiger partial charge in [0.25, 0.3) is 0 Å². The Morgan fingerprint density at radius 1 is 1.40 bits per heavy atom. The Morgan fingerprint density at radius 3 is 2.53 bits per heavy atom. The summed E-state index contributed by atoms with van der Waals surface area (Å²) in [5.74, 6) is 0.773. The molecule has 1 atom stereocenters. The van der Waals surface area contributed by atoms with Gasteiger partial charge in [-0.3, -0.25) is 0 Å². The zero-order chi connectivity index (χ0) is 11.4. The van der Waals surface area contributed by atoms with E-state index in [-0.39, 0.29) is 0 Å². The molecule has 0 aliphatic carbocycles. The van der Waals surface area contributed by atoms with Crippen LogP contribution in [0.3, 0.4) is 0 Å². The lowest BCUT2D eigenvalue weighted by Gasteiger charge is -2.10. The minimum absolute atomic E-state index is 0.773. The molecule has 86 valence electrons. The standard InChI is InChI=1S/C13H24N2/c1-6-10(2)8-14-9-13-7-11(3)15(5)12(13)4/h7,10,14H,6,8-9H2,1-5H3. The third kappa shape index (κ3) is 3.10. The molecule has 0 amide bonds. The summed E-state index contributed by atoms with van der Waals surface area (Å²) in [5, 5.41) is 3.52. The van der Waals surface area contributed by atoms with E-state index in [4.69, 9.17) is 0 Å². The summed E-state index contributed by atoms with van der Waals surface area (Å²) in [7, 11) is 2.13. The van der Waals surface area contributed by atoms with Crippen molar-refractivity contribution in [2.24, 2.45) is 13.0 Å². The van der Waals surface area contributed by atoms with Crippen LogP contribution in [0.5, 0.6) is 0 Å². The van der Waals surface area contributed by atoms with Gasteiger partial charge >= 0.3 is 0 Å². The first kappa shape index (κ1) is 12.3. The molecule has 1 rings (SSSR count). The molecular weight excluding hydrogens is 184 g/mol. The predicted molar refractivity (Wildman–Crippen MR) is 66.0 cm³/mol. The molecule has 1 aromatic heterocycles. The van der Waals surface area contributed by atoms with Gasteiger partial charge in [-0.05, 0) is 37.9 Å². The predicted octanol–water partition coefficient (Wildman–Crippen LogP) is 2.78. The van der Waals surface area contributed by atoms with Crippen molar-refractivity contribution in [3.63, 3.8) is 0 Å². The Morgan fingerprint density at radius 2 is 2.07 bits per heavy atom. The smallest absolute Gasteiger partial charge is 0.0223 e. The van der Waals surface area contributed by atoms with E-state index in [1.807, 2.05) is 0 Å². The fraction of sp³-hybridized carbons (Fsp3) is 0.692. The van der Waals surface area contributed by atoms with E-state index in [1.165, 1.54) is 23.4 Å². The highest BCUT2D eigenvalue weighted by molar-refractivity contribution is 5.26. The maximum atomic E-state index is 3.52. The quantitative estimate of drug-likeness (QED) is 0.787. The van der Waals surface area contributed by atoms with Crippen LogP contribution in [-0.4, -0.2) is 11.1 Å². The lowest BCUT2D eigenvalue weighted by molar-refractivity contribution is 0.499. The number of rotatable bonds is 5. The Bertz CT molecular complexity index is 313. The van der Waals surface area contributed by atoms with Crippen LogP contribution in [0.1, 0.15) is 37.2 Å². The molecule has 0 saturated carbocycles. The number of aryl methyl sites for hydroxylation is 1. The summed E-state index contributed by atoms with van der Waals surface area (Å²) in [5.41, 5.74) is 4.15. The van der Waals surface area contributed by atoms with Crippen molar-refractivity contribution in [1.82, 2.24) is 9.88 Å². The van der Waals surface area contributed by atoms with Crippen molar-refractivity contribution < 1.29 is 0 Å². The second kappa shape index (κ2) is 5.36. The number of nitrogens with zero attached hydrogens (tertiary/aromatic N) is 1. The second-order valence-electron chi connectivity index (χ2n) is 4.60. The third-order valence-electron chi connectivity index (χ3n) is 3.39. The summed E-state index contributed by atoms with van der Waals surface area (Å²) < 4.78 is 2.25. The van der Waals surface area contributed by atoms with Gasteiger partial charge in [-0.2, -0.15) is 0 Å². The van der Waals surface area contributed by atoms with Crippen LogP contribution in [0, 0.1) is 19.8 Å². The maximum Gasteiger partial charge on any atom is 0.0223 e. The van der Waals surface area contributed by atoms with Crippen LogP contribution in [-0.2, 0) is 13.6 Å². The normalized spacial score (nSPS) is 13.1. The van der Waals surface area contributed by atoms with Gasteiger partial charge in [-0.15, -0.1) is 0 Å². The van der Waals surface area contributed by atoms with E-state index in [0.29, 0.717) is 0 Å². The Labute approximate surface area is 93.7 Å². The molecule has 2 nitrogen and oxygen atoms in total. The van der Waals surface area contributed by atoms with Crippen molar-refractivity contribution >= 4 is 0 Å². The van der Waals surface area contributed by atoms with Crippen molar-refractivity contribution in [3.8, 4) is 0 Å².